The molecule has 2 fully saturated rings. The minimum absolute atomic E-state index is 0.0239. The van der Waals surface area contributed by atoms with E-state index in [4.69, 9.17) is 0 Å². The summed E-state index contributed by atoms with van der Waals surface area (Å²) in [6, 6.07) is 6.58. The molecule has 1 N–H and O–H groups in total. The minimum Gasteiger partial charge on any atom is -0.396 e. The van der Waals surface area contributed by atoms with Crippen molar-refractivity contribution in [3.05, 3.63) is 34.9 Å². The first kappa shape index (κ1) is 16.5. The van der Waals surface area contributed by atoms with Gasteiger partial charge in [0.25, 0.3) is 0 Å². The molecule has 1 heterocycles. The smallest absolute Gasteiger partial charge is 0.228 e. The van der Waals surface area contributed by atoms with Crippen LogP contribution >= 0.6 is 0 Å². The zero-order chi connectivity index (χ0) is 16.6. The van der Waals surface area contributed by atoms with Gasteiger partial charge in [0, 0.05) is 18.5 Å². The predicted molar refractivity (Wildman–Crippen MR) is 92.4 cm³/mol. The first-order valence-electron chi connectivity index (χ1n) is 8.95. The molecule has 0 radical (unpaired) electrons. The Morgan fingerprint density at radius 2 is 2.00 bits per heavy atom. The van der Waals surface area contributed by atoms with Gasteiger partial charge in [0.2, 0.25) is 5.91 Å². The van der Waals surface area contributed by atoms with Crippen LogP contribution in [-0.4, -0.2) is 35.6 Å². The van der Waals surface area contributed by atoms with E-state index in [0.717, 1.165) is 19.5 Å². The average Bonchev–Trinajstić information content (AvgIpc) is 2.92. The van der Waals surface area contributed by atoms with E-state index < -0.39 is 0 Å². The Hall–Kier alpha value is -1.35. The second-order valence-electron chi connectivity index (χ2n) is 7.73. The normalized spacial score (nSPS) is 23.8. The highest BCUT2D eigenvalue weighted by Crippen LogP contribution is 2.52. The van der Waals surface area contributed by atoms with E-state index in [9.17, 15) is 9.90 Å². The number of carbonyl (C=O) groups excluding carboxylic acids is 1. The molecular weight excluding hydrogens is 286 g/mol. The van der Waals surface area contributed by atoms with Crippen LogP contribution in [0, 0.1) is 25.2 Å². The maximum atomic E-state index is 12.4. The fraction of sp³-hybridized carbons (Fsp3) is 0.650. The van der Waals surface area contributed by atoms with Crippen molar-refractivity contribution in [2.24, 2.45) is 11.3 Å². The molecule has 1 spiro atoms. The van der Waals surface area contributed by atoms with Crippen molar-refractivity contribution in [1.82, 2.24) is 4.90 Å². The fourth-order valence-corrected chi connectivity index (χ4v) is 4.77. The minimum atomic E-state index is -0.205. The Morgan fingerprint density at radius 1 is 1.35 bits per heavy atom. The molecule has 3 heteroatoms. The lowest BCUT2D eigenvalue weighted by atomic mass is 9.76. The van der Waals surface area contributed by atoms with E-state index in [0.29, 0.717) is 11.3 Å². The van der Waals surface area contributed by atoms with Crippen molar-refractivity contribution in [2.75, 3.05) is 19.7 Å². The van der Waals surface area contributed by atoms with Crippen molar-refractivity contribution >= 4 is 5.91 Å². The standard InChI is InChI=1S/C20H29NO2/c1-4-16(11-22)19(23)21-12-20(13-21)9-8-17(10-20)18-14(2)6-5-7-15(18)3/h5-7,16-17,22H,4,8-13H2,1-3H3/t16-,17?/m1/s1. The number of aliphatic hydroxyl groups excluding tert-OH is 1. The molecule has 1 amide bonds. The van der Waals surface area contributed by atoms with Crippen molar-refractivity contribution < 1.29 is 9.90 Å². The number of benzene rings is 1. The van der Waals surface area contributed by atoms with Gasteiger partial charge in [-0.15, -0.1) is 0 Å². The molecule has 0 bridgehead atoms. The van der Waals surface area contributed by atoms with Crippen LogP contribution in [0.25, 0.3) is 0 Å². The first-order chi connectivity index (χ1) is 11.0. The number of nitrogens with zero attached hydrogens (tertiary/aromatic N) is 1. The molecule has 3 rings (SSSR count). The highest BCUT2D eigenvalue weighted by Gasteiger charge is 2.50. The number of carbonyl (C=O) groups is 1. The molecule has 1 saturated heterocycles. The van der Waals surface area contributed by atoms with Gasteiger partial charge >= 0.3 is 0 Å². The van der Waals surface area contributed by atoms with Gasteiger partial charge in [-0.3, -0.25) is 4.79 Å². The summed E-state index contributed by atoms with van der Waals surface area (Å²) in [5.74, 6) is 0.590. The summed E-state index contributed by atoms with van der Waals surface area (Å²) in [5.41, 5.74) is 4.69. The summed E-state index contributed by atoms with van der Waals surface area (Å²) >= 11 is 0. The van der Waals surface area contributed by atoms with Crippen LogP contribution in [0.15, 0.2) is 18.2 Å². The molecule has 1 unspecified atom stereocenters. The number of likely N-dealkylation sites (tertiary alicyclic amines) is 1. The molecule has 2 atom stereocenters. The Morgan fingerprint density at radius 3 is 2.57 bits per heavy atom. The summed E-state index contributed by atoms with van der Waals surface area (Å²) < 4.78 is 0. The first-order valence-corrected chi connectivity index (χ1v) is 8.95. The number of rotatable bonds is 4. The van der Waals surface area contributed by atoms with Crippen molar-refractivity contribution in [3.8, 4) is 0 Å². The molecule has 23 heavy (non-hydrogen) atoms. The monoisotopic (exact) mass is 315 g/mol. The van der Waals surface area contributed by atoms with Gasteiger partial charge in [0.1, 0.15) is 0 Å². The van der Waals surface area contributed by atoms with Crippen LogP contribution in [0.4, 0.5) is 0 Å². The van der Waals surface area contributed by atoms with Gasteiger partial charge in [0.15, 0.2) is 0 Å². The lowest BCUT2D eigenvalue weighted by molar-refractivity contribution is -0.149. The number of aliphatic hydroxyl groups is 1. The molecule has 1 aliphatic carbocycles. The fourth-order valence-electron chi connectivity index (χ4n) is 4.77. The lowest BCUT2D eigenvalue weighted by Gasteiger charge is -2.49. The molecule has 1 aliphatic heterocycles. The van der Waals surface area contributed by atoms with Gasteiger partial charge in [0.05, 0.1) is 12.5 Å². The van der Waals surface area contributed by atoms with Gasteiger partial charge in [-0.05, 0) is 62.1 Å². The van der Waals surface area contributed by atoms with Crippen LogP contribution in [-0.2, 0) is 4.79 Å². The Bertz CT molecular complexity index is 565. The third kappa shape index (κ3) is 2.91. The third-order valence-corrected chi connectivity index (χ3v) is 6.08. The van der Waals surface area contributed by atoms with Gasteiger partial charge in [-0.25, -0.2) is 0 Å². The molecule has 1 aromatic rings. The van der Waals surface area contributed by atoms with Crippen LogP contribution in [0.5, 0.6) is 0 Å². The Balaban J connectivity index is 1.65. The van der Waals surface area contributed by atoms with Gasteiger partial charge < -0.3 is 10.0 Å². The van der Waals surface area contributed by atoms with Crippen molar-refractivity contribution in [3.63, 3.8) is 0 Å². The summed E-state index contributed by atoms with van der Waals surface area (Å²) in [6.45, 7) is 8.17. The number of aryl methyl sites for hydroxylation is 2. The zero-order valence-corrected chi connectivity index (χ0v) is 14.6. The van der Waals surface area contributed by atoms with E-state index in [-0.39, 0.29) is 18.4 Å². The van der Waals surface area contributed by atoms with E-state index in [1.54, 1.807) is 0 Å². The molecular formula is C20H29NO2. The maximum Gasteiger partial charge on any atom is 0.228 e. The summed E-state index contributed by atoms with van der Waals surface area (Å²) in [5, 5.41) is 9.33. The maximum absolute atomic E-state index is 12.4. The van der Waals surface area contributed by atoms with Crippen molar-refractivity contribution in [2.45, 2.75) is 52.4 Å². The second kappa shape index (κ2) is 6.27. The van der Waals surface area contributed by atoms with Gasteiger partial charge in [-0.1, -0.05) is 25.1 Å². The topological polar surface area (TPSA) is 40.5 Å². The Kier molecular flexibility index (Phi) is 4.50. The Labute approximate surface area is 139 Å². The molecule has 2 aliphatic rings. The van der Waals surface area contributed by atoms with E-state index in [2.05, 4.69) is 32.0 Å². The summed E-state index contributed by atoms with van der Waals surface area (Å²) in [4.78, 5) is 14.3. The SMILES string of the molecule is CC[C@H](CO)C(=O)N1CC2(CCC(c3c(C)cccc3C)C2)C1. The number of hydrogen-bond donors (Lipinski definition) is 1. The number of amides is 1. The van der Waals surface area contributed by atoms with Gasteiger partial charge in [-0.2, -0.15) is 0 Å². The largest absolute Gasteiger partial charge is 0.396 e. The molecule has 126 valence electrons. The van der Waals surface area contributed by atoms with Crippen molar-refractivity contribution in [1.29, 1.82) is 0 Å². The lowest BCUT2D eigenvalue weighted by Crippen LogP contribution is -2.58. The number of hydrogen-bond acceptors (Lipinski definition) is 2. The zero-order valence-electron chi connectivity index (χ0n) is 14.6. The average molecular weight is 315 g/mol. The highest BCUT2D eigenvalue weighted by atomic mass is 16.3. The predicted octanol–water partition coefficient (Wildman–Crippen LogP) is 3.42. The quantitative estimate of drug-likeness (QED) is 0.925. The van der Waals surface area contributed by atoms with E-state index in [1.807, 2.05) is 11.8 Å². The molecule has 1 aromatic carbocycles. The second-order valence-corrected chi connectivity index (χ2v) is 7.73. The summed E-state index contributed by atoms with van der Waals surface area (Å²) in [7, 11) is 0. The van der Waals surface area contributed by atoms with E-state index >= 15 is 0 Å². The van der Waals surface area contributed by atoms with Crippen LogP contribution in [0.2, 0.25) is 0 Å². The van der Waals surface area contributed by atoms with E-state index in [1.165, 1.54) is 36.0 Å². The van der Waals surface area contributed by atoms with Crippen LogP contribution in [0.1, 0.15) is 55.2 Å². The molecule has 3 nitrogen and oxygen atoms in total. The van der Waals surface area contributed by atoms with Crippen LogP contribution < -0.4 is 0 Å². The highest BCUT2D eigenvalue weighted by molar-refractivity contribution is 5.80. The summed E-state index contributed by atoms with van der Waals surface area (Å²) in [6.07, 6.45) is 4.40. The van der Waals surface area contributed by atoms with Crippen LogP contribution in [0.3, 0.4) is 0 Å². The third-order valence-electron chi connectivity index (χ3n) is 6.08. The molecule has 1 saturated carbocycles. The molecule has 0 aromatic heterocycles.